The summed E-state index contributed by atoms with van der Waals surface area (Å²) in [4.78, 5) is 17.9. The van der Waals surface area contributed by atoms with E-state index in [2.05, 4.69) is 25.7 Å². The first-order valence-electron chi connectivity index (χ1n) is 5.12. The molecule has 0 fully saturated rings. The van der Waals surface area contributed by atoms with E-state index in [1.165, 1.54) is 25.7 Å². The van der Waals surface area contributed by atoms with Gasteiger partial charge in [0.25, 0.3) is 0 Å². The van der Waals surface area contributed by atoms with E-state index in [9.17, 15) is 0 Å². The fourth-order valence-electron chi connectivity index (χ4n) is 1.19. The van der Waals surface area contributed by atoms with Crippen molar-refractivity contribution in [1.29, 1.82) is 0 Å². The molecule has 0 saturated heterocycles. The Hall–Kier alpha value is 0.920. The van der Waals surface area contributed by atoms with Crippen LogP contribution >= 0.6 is 17.1 Å². The number of hydrogen-bond acceptors (Lipinski definition) is 2. The maximum Gasteiger partial charge on any atom is 0.242 e. The van der Waals surface area contributed by atoms with Crippen molar-refractivity contribution in [3.8, 4) is 0 Å². The van der Waals surface area contributed by atoms with Gasteiger partial charge in [0.05, 0.1) is 0 Å². The summed E-state index contributed by atoms with van der Waals surface area (Å²) in [6.45, 7) is 4.48. The summed E-state index contributed by atoms with van der Waals surface area (Å²) in [5.74, 6) is 1.58. The summed E-state index contributed by atoms with van der Waals surface area (Å²) in [5, 5.41) is 0. The van der Waals surface area contributed by atoms with Gasteiger partial charge >= 0.3 is 0 Å². The number of unbranched alkanes of at least 4 members (excludes halogenated alkanes) is 3. The smallest absolute Gasteiger partial charge is 0.242 e. The maximum absolute atomic E-state index is 8.94. The molecule has 0 aromatic heterocycles. The molecular weight excluding hydrogens is 235 g/mol. The molecule has 86 valence electrons. The van der Waals surface area contributed by atoms with E-state index in [1.54, 1.807) is 0 Å². The van der Waals surface area contributed by atoms with Gasteiger partial charge in [0, 0.05) is 5.75 Å². The van der Waals surface area contributed by atoms with Crippen LogP contribution in [0.15, 0.2) is 0 Å². The molecule has 0 aromatic carbocycles. The molecule has 0 radical (unpaired) electrons. The Bertz CT molecular complexity index is 180. The largest absolute Gasteiger partial charge is 0.338 e. The van der Waals surface area contributed by atoms with Crippen LogP contribution in [0.2, 0.25) is 0 Å². The van der Waals surface area contributed by atoms with E-state index >= 15 is 0 Å². The highest BCUT2D eigenvalue weighted by Crippen LogP contribution is 2.50. The first-order chi connectivity index (χ1) is 6.42. The van der Waals surface area contributed by atoms with E-state index in [0.717, 1.165) is 29.5 Å². The fourth-order valence-corrected chi connectivity index (χ4v) is 3.53. The Kier molecular flexibility index (Phi) is 8.65. The second-order valence-corrected chi connectivity index (χ2v) is 10.1. The van der Waals surface area contributed by atoms with Crippen LogP contribution in [-0.4, -0.2) is 15.5 Å². The zero-order valence-corrected chi connectivity index (χ0v) is 11.5. The molecule has 0 unspecified atom stereocenters. The summed E-state index contributed by atoms with van der Waals surface area (Å²) in [5.41, 5.74) is -2.99. The zero-order chi connectivity index (χ0) is 11.0. The van der Waals surface area contributed by atoms with E-state index in [-0.39, 0.29) is 0 Å². The molecule has 0 saturated carbocycles. The van der Waals surface area contributed by atoms with Gasteiger partial charge in [-0.2, -0.15) is 0 Å². The van der Waals surface area contributed by atoms with Crippen LogP contribution in [0.3, 0.4) is 0 Å². The lowest BCUT2D eigenvalue weighted by molar-refractivity contribution is 0.502. The third-order valence-electron chi connectivity index (χ3n) is 1.94. The molecule has 0 amide bonds. The minimum Gasteiger partial charge on any atom is -0.338 e. The van der Waals surface area contributed by atoms with E-state index < -0.39 is 5.69 Å². The van der Waals surface area contributed by atoms with Gasteiger partial charge < -0.3 is 9.79 Å². The third-order valence-corrected chi connectivity index (χ3v) is 5.25. The molecule has 0 aliphatic rings. The van der Waals surface area contributed by atoms with Crippen LogP contribution in [0, 0.1) is 5.92 Å². The van der Waals surface area contributed by atoms with Crippen LogP contribution in [0.5, 0.6) is 0 Å². The van der Waals surface area contributed by atoms with Crippen molar-refractivity contribution in [1.82, 2.24) is 0 Å². The van der Waals surface area contributed by atoms with Crippen molar-refractivity contribution in [3.05, 3.63) is 0 Å². The van der Waals surface area contributed by atoms with Crippen LogP contribution < -0.4 is 0 Å². The number of rotatable bonds is 8. The minimum absolute atomic E-state index is 0.784. The molecule has 0 spiro atoms. The van der Waals surface area contributed by atoms with E-state index in [4.69, 9.17) is 9.79 Å². The quantitative estimate of drug-likeness (QED) is 0.515. The first-order valence-corrected chi connectivity index (χ1v) is 9.42. The van der Waals surface area contributed by atoms with Crippen molar-refractivity contribution >= 4 is 28.9 Å². The molecule has 0 rings (SSSR count). The topological polar surface area (TPSA) is 40.5 Å². The van der Waals surface area contributed by atoms with Gasteiger partial charge in [0.2, 0.25) is 5.69 Å². The molecule has 0 aliphatic heterocycles. The molecule has 2 nitrogen and oxygen atoms in total. The van der Waals surface area contributed by atoms with Crippen LogP contribution in [0.1, 0.15) is 46.0 Å². The van der Waals surface area contributed by atoms with E-state index in [1.807, 2.05) is 0 Å². The van der Waals surface area contributed by atoms with Gasteiger partial charge in [0.15, 0.2) is 0 Å². The van der Waals surface area contributed by atoms with Gasteiger partial charge in [-0.15, -0.1) is 0 Å². The summed E-state index contributed by atoms with van der Waals surface area (Å²) in [7, 11) is 0. The second kappa shape index (κ2) is 8.12. The van der Waals surface area contributed by atoms with Gasteiger partial charge in [-0.25, -0.2) is 0 Å². The predicted octanol–water partition coefficient (Wildman–Crippen LogP) is 3.54. The lowest BCUT2D eigenvalue weighted by Crippen LogP contribution is -1.87. The highest BCUT2D eigenvalue weighted by Gasteiger charge is 2.06. The van der Waals surface area contributed by atoms with Gasteiger partial charge in [-0.3, -0.25) is 0 Å². The molecular formula is C9H21O2PS2. The zero-order valence-electron chi connectivity index (χ0n) is 8.98. The van der Waals surface area contributed by atoms with Crippen molar-refractivity contribution in [3.63, 3.8) is 0 Å². The Morgan fingerprint density at radius 2 is 1.71 bits per heavy atom. The normalized spacial score (nSPS) is 12.4. The highest BCUT2D eigenvalue weighted by atomic mass is 32.9. The summed E-state index contributed by atoms with van der Waals surface area (Å²) in [6, 6.07) is 0. The molecule has 5 heteroatoms. The van der Waals surface area contributed by atoms with Gasteiger partial charge in [-0.05, 0) is 24.1 Å². The lowest BCUT2D eigenvalue weighted by atomic mass is 10.0. The van der Waals surface area contributed by atoms with Crippen molar-refractivity contribution in [2.75, 3.05) is 5.75 Å². The molecule has 0 bridgehead atoms. The summed E-state index contributed by atoms with van der Waals surface area (Å²) in [6.07, 6.45) is 6.05. The Labute approximate surface area is 96.4 Å². The third kappa shape index (κ3) is 12.9. The lowest BCUT2D eigenvalue weighted by Gasteiger charge is -2.06. The molecule has 0 heterocycles. The van der Waals surface area contributed by atoms with Crippen molar-refractivity contribution < 1.29 is 9.79 Å². The van der Waals surface area contributed by atoms with Crippen molar-refractivity contribution in [2.45, 2.75) is 46.0 Å². The SMILES string of the molecule is CC(C)CCCCCCSP(O)(O)=S. The second-order valence-electron chi connectivity index (χ2n) is 3.92. The predicted molar refractivity (Wildman–Crippen MR) is 69.1 cm³/mol. The highest BCUT2D eigenvalue weighted by molar-refractivity contribution is 8.67. The Balaban J connectivity index is 3.11. The Morgan fingerprint density at radius 1 is 1.14 bits per heavy atom. The van der Waals surface area contributed by atoms with Crippen LogP contribution in [-0.2, 0) is 11.8 Å². The summed E-state index contributed by atoms with van der Waals surface area (Å²) >= 11 is 5.64. The fraction of sp³-hybridized carbons (Fsp3) is 1.00. The molecule has 0 atom stereocenters. The molecule has 0 aliphatic carbocycles. The molecule has 0 aromatic rings. The monoisotopic (exact) mass is 256 g/mol. The molecule has 14 heavy (non-hydrogen) atoms. The standard InChI is InChI=1S/C9H21O2PS2/c1-9(2)7-5-3-4-6-8-14-12(10,11)13/h9H,3-8H2,1-2H3,(H2,10,11,13). The van der Waals surface area contributed by atoms with Crippen molar-refractivity contribution in [2.24, 2.45) is 5.92 Å². The first kappa shape index (κ1) is 14.9. The van der Waals surface area contributed by atoms with Gasteiger partial charge in [-0.1, -0.05) is 50.9 Å². The molecule has 2 N–H and O–H groups in total. The van der Waals surface area contributed by atoms with Crippen LogP contribution in [0.25, 0.3) is 0 Å². The number of hydrogen-bond donors (Lipinski definition) is 2. The average Bonchev–Trinajstić information content (AvgIpc) is 2.00. The Morgan fingerprint density at radius 3 is 2.21 bits per heavy atom. The maximum atomic E-state index is 8.94. The van der Waals surface area contributed by atoms with Gasteiger partial charge in [0.1, 0.15) is 0 Å². The average molecular weight is 256 g/mol. The summed E-state index contributed by atoms with van der Waals surface area (Å²) < 4.78 is 0. The van der Waals surface area contributed by atoms with Crippen LogP contribution in [0.4, 0.5) is 0 Å². The van der Waals surface area contributed by atoms with E-state index in [0.29, 0.717) is 0 Å². The minimum atomic E-state index is -2.99.